The topological polar surface area (TPSA) is 92.3 Å². The summed E-state index contributed by atoms with van der Waals surface area (Å²) in [5.41, 5.74) is -0.390. The molecule has 0 radical (unpaired) electrons. The first-order valence-corrected chi connectivity index (χ1v) is 10.9. The largest absolute Gasteiger partial charge is 0.277 e. The van der Waals surface area contributed by atoms with E-state index in [-0.39, 0.29) is 16.3 Å². The highest BCUT2D eigenvalue weighted by Gasteiger charge is 2.23. The van der Waals surface area contributed by atoms with E-state index in [1.54, 1.807) is 0 Å². The second-order valence-electron chi connectivity index (χ2n) is 5.79. The molecule has 0 aliphatic carbocycles. The van der Waals surface area contributed by atoms with Gasteiger partial charge in [-0.15, -0.1) is 0 Å². The Balaban J connectivity index is 1.95. The minimum Gasteiger partial charge on any atom is -0.277 e. The number of hydrogen-bond acceptors (Lipinski definition) is 4. The van der Waals surface area contributed by atoms with E-state index in [0.29, 0.717) is 12.1 Å². The van der Waals surface area contributed by atoms with Crippen LogP contribution in [-0.4, -0.2) is 16.8 Å². The van der Waals surface area contributed by atoms with Gasteiger partial charge in [0.05, 0.1) is 16.3 Å². The van der Waals surface area contributed by atoms with Gasteiger partial charge in [-0.2, -0.15) is 0 Å². The van der Waals surface area contributed by atoms with Crippen LogP contribution in [0, 0.1) is 17.5 Å². The quantitative estimate of drug-likeness (QED) is 0.609. The summed E-state index contributed by atoms with van der Waals surface area (Å²) in [7, 11) is -8.74. The van der Waals surface area contributed by atoms with Crippen LogP contribution in [0.25, 0.3) is 0 Å². The van der Waals surface area contributed by atoms with Crippen LogP contribution in [0.4, 0.5) is 24.5 Å². The molecule has 0 saturated heterocycles. The number of hydrogen-bond donors (Lipinski definition) is 2. The fourth-order valence-electron chi connectivity index (χ4n) is 2.36. The van der Waals surface area contributed by atoms with Crippen molar-refractivity contribution in [3.8, 4) is 0 Å². The third-order valence-corrected chi connectivity index (χ3v) is 6.48. The number of rotatable bonds is 6. The minimum absolute atomic E-state index is 0.169. The summed E-state index contributed by atoms with van der Waals surface area (Å²) in [6.45, 7) is 0. The van der Waals surface area contributed by atoms with Crippen LogP contribution < -0.4 is 9.44 Å². The Bertz CT molecular complexity index is 1260. The number of sulfonamides is 2. The lowest BCUT2D eigenvalue weighted by atomic mass is 10.3. The minimum atomic E-state index is -4.56. The molecule has 11 heteroatoms. The van der Waals surface area contributed by atoms with Crippen LogP contribution in [0.3, 0.4) is 0 Å². The molecule has 0 bridgehead atoms. The van der Waals surface area contributed by atoms with Gasteiger partial charge in [0.15, 0.2) is 0 Å². The molecule has 0 aliphatic heterocycles. The maximum atomic E-state index is 13.9. The smallest absolute Gasteiger partial charge is 0.264 e. The van der Waals surface area contributed by atoms with Gasteiger partial charge < -0.3 is 0 Å². The molecular formula is C18H13F3N2O4S2. The van der Waals surface area contributed by atoms with Gasteiger partial charge in [-0.05, 0) is 54.6 Å². The number of benzene rings is 3. The molecule has 3 rings (SSSR count). The van der Waals surface area contributed by atoms with E-state index in [1.807, 2.05) is 4.72 Å². The van der Waals surface area contributed by atoms with Gasteiger partial charge in [0.2, 0.25) is 0 Å². The molecule has 0 spiro atoms. The first kappa shape index (κ1) is 20.7. The Morgan fingerprint density at radius 2 is 1.14 bits per heavy atom. The van der Waals surface area contributed by atoms with Crippen molar-refractivity contribution in [2.75, 3.05) is 9.44 Å². The van der Waals surface area contributed by atoms with Crippen molar-refractivity contribution in [1.29, 1.82) is 0 Å². The summed E-state index contributed by atoms with van der Waals surface area (Å²) >= 11 is 0. The van der Waals surface area contributed by atoms with Crippen LogP contribution in [0.15, 0.2) is 76.5 Å². The van der Waals surface area contributed by atoms with Gasteiger partial charge in [0.1, 0.15) is 22.3 Å². The number of anilines is 2. The third-order valence-electron chi connectivity index (χ3n) is 3.72. The van der Waals surface area contributed by atoms with E-state index in [0.717, 1.165) is 30.3 Å². The van der Waals surface area contributed by atoms with Crippen LogP contribution in [0.5, 0.6) is 0 Å². The van der Waals surface area contributed by atoms with Crippen molar-refractivity contribution in [3.05, 3.63) is 84.2 Å². The zero-order valence-electron chi connectivity index (χ0n) is 14.4. The fraction of sp³-hybridized carbons (Fsp3) is 0. The Morgan fingerprint density at radius 1 is 0.621 bits per heavy atom. The lowest BCUT2D eigenvalue weighted by Gasteiger charge is -2.15. The van der Waals surface area contributed by atoms with Crippen molar-refractivity contribution in [1.82, 2.24) is 0 Å². The second-order valence-corrected chi connectivity index (χ2v) is 9.12. The highest BCUT2D eigenvalue weighted by Crippen LogP contribution is 2.28. The summed E-state index contributed by atoms with van der Waals surface area (Å²) in [5.74, 6) is -2.77. The normalized spacial score (nSPS) is 11.8. The molecular weight excluding hydrogens is 429 g/mol. The van der Waals surface area contributed by atoms with Crippen molar-refractivity contribution >= 4 is 31.4 Å². The highest BCUT2D eigenvalue weighted by molar-refractivity contribution is 7.93. The number of halogens is 3. The molecule has 0 fully saturated rings. The average molecular weight is 442 g/mol. The monoisotopic (exact) mass is 442 g/mol. The summed E-state index contributed by atoms with van der Waals surface area (Å²) < 4.78 is 94.3. The predicted octanol–water partition coefficient (Wildman–Crippen LogP) is 3.71. The average Bonchev–Trinajstić information content (AvgIpc) is 2.65. The van der Waals surface area contributed by atoms with Crippen molar-refractivity contribution in [3.63, 3.8) is 0 Å². The van der Waals surface area contributed by atoms with Crippen LogP contribution in [0.2, 0.25) is 0 Å². The molecule has 0 unspecified atom stereocenters. The molecule has 6 nitrogen and oxygen atoms in total. The van der Waals surface area contributed by atoms with Gasteiger partial charge >= 0.3 is 0 Å². The van der Waals surface area contributed by atoms with Crippen LogP contribution >= 0.6 is 0 Å². The maximum Gasteiger partial charge on any atom is 0.264 e. The first-order chi connectivity index (χ1) is 13.6. The highest BCUT2D eigenvalue weighted by atomic mass is 32.2. The standard InChI is InChI=1S/C18H13F3N2O4S2/c19-12-5-8-14(9-6-12)28(24,25)22-16-3-1-2-4-17(16)23-29(26,27)18-11-13(20)7-10-15(18)21/h1-11,22-23H. The lowest BCUT2D eigenvalue weighted by molar-refractivity contribution is 0.555. The zero-order valence-corrected chi connectivity index (χ0v) is 16.1. The van der Waals surface area contributed by atoms with E-state index < -0.39 is 42.4 Å². The molecule has 152 valence electrons. The zero-order chi connectivity index (χ0) is 21.2. The van der Waals surface area contributed by atoms with Crippen molar-refractivity contribution in [2.45, 2.75) is 9.79 Å². The third kappa shape index (κ3) is 4.69. The number of para-hydroxylation sites is 2. The summed E-state index contributed by atoms with van der Waals surface area (Å²) in [6.07, 6.45) is 0. The van der Waals surface area contributed by atoms with E-state index in [9.17, 15) is 30.0 Å². The molecule has 3 aromatic carbocycles. The molecule has 0 amide bonds. The lowest BCUT2D eigenvalue weighted by Crippen LogP contribution is -2.18. The van der Waals surface area contributed by atoms with E-state index in [4.69, 9.17) is 0 Å². The molecule has 3 aromatic rings. The fourth-order valence-corrected chi connectivity index (χ4v) is 4.61. The van der Waals surface area contributed by atoms with Gasteiger partial charge in [-0.25, -0.2) is 30.0 Å². The van der Waals surface area contributed by atoms with Crippen molar-refractivity contribution < 1.29 is 30.0 Å². The SMILES string of the molecule is O=S(=O)(Nc1ccccc1NS(=O)(=O)c1cc(F)ccc1F)c1ccc(F)cc1. The second kappa shape index (κ2) is 7.76. The maximum absolute atomic E-state index is 13.9. The summed E-state index contributed by atoms with van der Waals surface area (Å²) in [5, 5.41) is 0. The van der Waals surface area contributed by atoms with E-state index in [2.05, 4.69) is 4.72 Å². The Kier molecular flexibility index (Phi) is 5.53. The first-order valence-electron chi connectivity index (χ1n) is 7.94. The van der Waals surface area contributed by atoms with Gasteiger partial charge in [0, 0.05) is 0 Å². The van der Waals surface area contributed by atoms with Gasteiger partial charge in [0.25, 0.3) is 20.0 Å². The van der Waals surface area contributed by atoms with E-state index >= 15 is 0 Å². The molecule has 29 heavy (non-hydrogen) atoms. The Hall–Kier alpha value is -3.05. The van der Waals surface area contributed by atoms with Gasteiger partial charge in [-0.3, -0.25) is 9.44 Å². The molecule has 0 heterocycles. The summed E-state index contributed by atoms with van der Waals surface area (Å²) in [4.78, 5) is -1.19. The molecule has 2 N–H and O–H groups in total. The van der Waals surface area contributed by atoms with E-state index in [1.165, 1.54) is 24.3 Å². The molecule has 0 aliphatic rings. The van der Waals surface area contributed by atoms with Crippen LogP contribution in [-0.2, 0) is 20.0 Å². The van der Waals surface area contributed by atoms with Crippen LogP contribution in [0.1, 0.15) is 0 Å². The Labute approximate surface area is 165 Å². The molecule has 0 saturated carbocycles. The van der Waals surface area contributed by atoms with Gasteiger partial charge in [-0.1, -0.05) is 12.1 Å². The predicted molar refractivity (Wildman–Crippen MR) is 101 cm³/mol. The molecule has 0 aromatic heterocycles. The number of nitrogens with one attached hydrogen (secondary N) is 2. The Morgan fingerprint density at radius 3 is 1.72 bits per heavy atom. The summed E-state index contributed by atoms with van der Waals surface area (Å²) in [6, 6.07) is 11.2. The molecule has 0 atom stereocenters. The van der Waals surface area contributed by atoms with Crippen molar-refractivity contribution in [2.24, 2.45) is 0 Å².